The van der Waals surface area contributed by atoms with E-state index in [0.29, 0.717) is 6.42 Å². The van der Waals surface area contributed by atoms with Gasteiger partial charge >= 0.3 is 0 Å². The number of benzene rings is 1. The summed E-state index contributed by atoms with van der Waals surface area (Å²) in [7, 11) is 0. The number of carbonyl (C=O) groups excluding carboxylic acids is 1. The highest BCUT2D eigenvalue weighted by atomic mass is 79.9. The van der Waals surface area contributed by atoms with Crippen LogP contribution in [0.1, 0.15) is 16.8 Å². The fourth-order valence-electron chi connectivity index (χ4n) is 1.91. The van der Waals surface area contributed by atoms with Gasteiger partial charge in [0, 0.05) is 47.6 Å². The molecule has 0 unspecified atom stereocenters. The van der Waals surface area contributed by atoms with Crippen molar-refractivity contribution in [2.75, 3.05) is 31.1 Å². The van der Waals surface area contributed by atoms with Crippen LogP contribution in [0.4, 0.5) is 0 Å². The molecule has 0 aromatic heterocycles. The first-order valence-corrected chi connectivity index (χ1v) is 7.80. The molecule has 1 fully saturated rings. The fourth-order valence-corrected chi connectivity index (χ4v) is 3.39. The number of ketones is 1. The third-order valence-electron chi connectivity index (χ3n) is 2.93. The largest absolute Gasteiger partial charge is 0.301 e. The van der Waals surface area contributed by atoms with Crippen molar-refractivity contribution in [1.82, 2.24) is 4.90 Å². The summed E-state index contributed by atoms with van der Waals surface area (Å²) in [6.07, 6.45) is 0.618. The molecule has 1 aliphatic heterocycles. The van der Waals surface area contributed by atoms with E-state index in [1.54, 1.807) is 0 Å². The van der Waals surface area contributed by atoms with E-state index in [1.807, 2.05) is 36.0 Å². The Morgan fingerprint density at radius 3 is 2.71 bits per heavy atom. The number of nitrogens with zero attached hydrogens (tertiary/aromatic N) is 1. The molecule has 0 bridgehead atoms. The van der Waals surface area contributed by atoms with Gasteiger partial charge in [-0.3, -0.25) is 4.79 Å². The molecular weight excluding hydrogens is 298 g/mol. The summed E-state index contributed by atoms with van der Waals surface area (Å²) in [6.45, 7) is 3.13. The first-order valence-electron chi connectivity index (χ1n) is 5.85. The Balaban J connectivity index is 1.87. The number of Topliss-reactive ketones (excluding diaryl/α,β-unsaturated/α-hetero) is 1. The lowest BCUT2D eigenvalue weighted by atomic mass is 10.1. The van der Waals surface area contributed by atoms with Crippen molar-refractivity contribution in [1.29, 1.82) is 0 Å². The van der Waals surface area contributed by atoms with Crippen molar-refractivity contribution in [2.24, 2.45) is 0 Å². The summed E-state index contributed by atoms with van der Waals surface area (Å²) in [5, 5.41) is 0. The molecular formula is C13H16BrNOS. The van der Waals surface area contributed by atoms with Crippen molar-refractivity contribution >= 4 is 33.5 Å². The van der Waals surface area contributed by atoms with E-state index in [2.05, 4.69) is 20.8 Å². The van der Waals surface area contributed by atoms with Gasteiger partial charge < -0.3 is 4.90 Å². The topological polar surface area (TPSA) is 20.3 Å². The highest BCUT2D eigenvalue weighted by molar-refractivity contribution is 9.10. The highest BCUT2D eigenvalue weighted by Gasteiger charge is 2.14. The molecule has 0 amide bonds. The van der Waals surface area contributed by atoms with Gasteiger partial charge in [-0.1, -0.05) is 34.1 Å². The van der Waals surface area contributed by atoms with E-state index in [1.165, 1.54) is 11.5 Å². The van der Waals surface area contributed by atoms with Gasteiger partial charge in [0.25, 0.3) is 0 Å². The summed E-state index contributed by atoms with van der Waals surface area (Å²) >= 11 is 5.42. The van der Waals surface area contributed by atoms with Crippen LogP contribution < -0.4 is 0 Å². The van der Waals surface area contributed by atoms with E-state index < -0.39 is 0 Å². The first-order chi connectivity index (χ1) is 8.27. The average molecular weight is 314 g/mol. The maximum Gasteiger partial charge on any atom is 0.165 e. The molecule has 1 heterocycles. The Morgan fingerprint density at radius 1 is 1.29 bits per heavy atom. The number of carbonyl (C=O) groups is 1. The third-order valence-corrected chi connectivity index (χ3v) is 4.57. The second-order valence-electron chi connectivity index (χ2n) is 4.11. The van der Waals surface area contributed by atoms with Crippen LogP contribution in [-0.4, -0.2) is 41.8 Å². The van der Waals surface area contributed by atoms with Gasteiger partial charge in [0.05, 0.1) is 0 Å². The van der Waals surface area contributed by atoms with Crippen molar-refractivity contribution in [3.63, 3.8) is 0 Å². The molecule has 1 aliphatic rings. The molecule has 92 valence electrons. The molecule has 0 saturated carbocycles. The Morgan fingerprint density at radius 2 is 2.00 bits per heavy atom. The molecule has 0 aliphatic carbocycles. The predicted octanol–water partition coefficient (Wildman–Crippen LogP) is 3.07. The van der Waals surface area contributed by atoms with Gasteiger partial charge in [-0.2, -0.15) is 11.8 Å². The molecule has 2 nitrogen and oxygen atoms in total. The van der Waals surface area contributed by atoms with E-state index >= 15 is 0 Å². The molecule has 0 atom stereocenters. The van der Waals surface area contributed by atoms with Crippen LogP contribution in [0.3, 0.4) is 0 Å². The SMILES string of the molecule is O=C(CCN1CCSCC1)c1ccccc1Br. The zero-order valence-electron chi connectivity index (χ0n) is 9.69. The van der Waals surface area contributed by atoms with Crippen LogP contribution >= 0.6 is 27.7 Å². The van der Waals surface area contributed by atoms with E-state index in [4.69, 9.17) is 0 Å². The zero-order chi connectivity index (χ0) is 12.1. The molecule has 2 rings (SSSR count). The van der Waals surface area contributed by atoms with Gasteiger partial charge in [-0.25, -0.2) is 0 Å². The number of hydrogen-bond donors (Lipinski definition) is 0. The van der Waals surface area contributed by atoms with Crippen molar-refractivity contribution in [3.8, 4) is 0 Å². The summed E-state index contributed by atoms with van der Waals surface area (Å²) in [4.78, 5) is 14.4. The van der Waals surface area contributed by atoms with Crippen LogP contribution in [0, 0.1) is 0 Å². The maximum atomic E-state index is 12.0. The number of thioether (sulfide) groups is 1. The highest BCUT2D eigenvalue weighted by Crippen LogP contribution is 2.18. The predicted molar refractivity (Wildman–Crippen MR) is 76.9 cm³/mol. The number of halogens is 1. The molecule has 1 aromatic rings. The normalized spacial score (nSPS) is 17.0. The molecule has 0 radical (unpaired) electrons. The minimum absolute atomic E-state index is 0.232. The summed E-state index contributed by atoms with van der Waals surface area (Å²) in [5.41, 5.74) is 0.805. The van der Waals surface area contributed by atoms with Gasteiger partial charge in [0.1, 0.15) is 0 Å². The molecule has 0 N–H and O–H groups in total. The Bertz CT molecular complexity index is 391. The lowest BCUT2D eigenvalue weighted by molar-refractivity contribution is 0.0965. The van der Waals surface area contributed by atoms with Gasteiger partial charge in [-0.15, -0.1) is 0 Å². The molecule has 17 heavy (non-hydrogen) atoms. The molecule has 1 saturated heterocycles. The standard InChI is InChI=1S/C13H16BrNOS/c14-12-4-2-1-3-11(12)13(16)5-6-15-7-9-17-10-8-15/h1-4H,5-10H2. The molecule has 4 heteroatoms. The fraction of sp³-hybridized carbons (Fsp3) is 0.462. The minimum atomic E-state index is 0.232. The molecule has 0 spiro atoms. The van der Waals surface area contributed by atoms with Gasteiger partial charge in [-0.05, 0) is 6.07 Å². The summed E-state index contributed by atoms with van der Waals surface area (Å²) < 4.78 is 0.902. The number of rotatable bonds is 4. The van der Waals surface area contributed by atoms with E-state index in [-0.39, 0.29) is 5.78 Å². The molecule has 1 aromatic carbocycles. The average Bonchev–Trinajstić information content (AvgIpc) is 2.38. The number of hydrogen-bond acceptors (Lipinski definition) is 3. The van der Waals surface area contributed by atoms with Crippen LogP contribution in [0.15, 0.2) is 28.7 Å². The maximum absolute atomic E-state index is 12.0. The smallest absolute Gasteiger partial charge is 0.165 e. The lowest BCUT2D eigenvalue weighted by Gasteiger charge is -2.25. The van der Waals surface area contributed by atoms with Crippen LogP contribution in [-0.2, 0) is 0 Å². The van der Waals surface area contributed by atoms with Crippen molar-refractivity contribution in [3.05, 3.63) is 34.3 Å². The quantitative estimate of drug-likeness (QED) is 0.797. The van der Waals surface area contributed by atoms with Crippen LogP contribution in [0.5, 0.6) is 0 Å². The lowest BCUT2D eigenvalue weighted by Crippen LogP contribution is -2.34. The second kappa shape index (κ2) is 6.57. The third kappa shape index (κ3) is 3.83. The van der Waals surface area contributed by atoms with Crippen molar-refractivity contribution < 1.29 is 4.79 Å². The van der Waals surface area contributed by atoms with E-state index in [0.717, 1.165) is 29.7 Å². The summed E-state index contributed by atoms with van der Waals surface area (Å²) in [6, 6.07) is 7.65. The Labute approximate surface area is 115 Å². The van der Waals surface area contributed by atoms with Gasteiger partial charge in [0.15, 0.2) is 5.78 Å². The Kier molecular flexibility index (Phi) is 5.07. The Hall–Kier alpha value is -0.320. The summed E-state index contributed by atoms with van der Waals surface area (Å²) in [5.74, 6) is 2.63. The second-order valence-corrected chi connectivity index (χ2v) is 6.19. The van der Waals surface area contributed by atoms with Crippen LogP contribution in [0.2, 0.25) is 0 Å². The first kappa shape index (κ1) is 13.1. The van der Waals surface area contributed by atoms with Crippen molar-refractivity contribution in [2.45, 2.75) is 6.42 Å². The van der Waals surface area contributed by atoms with Crippen LogP contribution in [0.25, 0.3) is 0 Å². The minimum Gasteiger partial charge on any atom is -0.301 e. The van der Waals surface area contributed by atoms with Gasteiger partial charge in [0.2, 0.25) is 0 Å². The monoisotopic (exact) mass is 313 g/mol. The van der Waals surface area contributed by atoms with E-state index in [9.17, 15) is 4.79 Å². The zero-order valence-corrected chi connectivity index (χ0v) is 12.1.